The summed E-state index contributed by atoms with van der Waals surface area (Å²) >= 11 is 0. The van der Waals surface area contributed by atoms with Crippen molar-refractivity contribution >= 4 is 33.6 Å². The molecule has 1 aliphatic carbocycles. The van der Waals surface area contributed by atoms with E-state index in [0.29, 0.717) is 31.8 Å². The Bertz CT molecular complexity index is 1350. The lowest BCUT2D eigenvalue weighted by atomic mass is 9.90. The Balaban J connectivity index is 1.25. The monoisotopic (exact) mass is 443 g/mol. The largest absolute Gasteiger partial charge is 0.493 e. The lowest BCUT2D eigenvalue weighted by Gasteiger charge is -2.18. The van der Waals surface area contributed by atoms with E-state index >= 15 is 0 Å². The SMILES string of the molecule is CC(=O)On1c2ccccc2c2ccc(OCCCOc3cccc4c3CCCC4=O)cc21. The number of carbonyl (C=O) groups excluding carboxylic acids is 2. The summed E-state index contributed by atoms with van der Waals surface area (Å²) in [4.78, 5) is 29.2. The second kappa shape index (κ2) is 8.98. The Hall–Kier alpha value is -3.80. The van der Waals surface area contributed by atoms with Crippen LogP contribution in [0.25, 0.3) is 21.8 Å². The van der Waals surface area contributed by atoms with Crippen LogP contribution in [0.4, 0.5) is 0 Å². The van der Waals surface area contributed by atoms with Crippen LogP contribution in [0.5, 0.6) is 11.5 Å². The van der Waals surface area contributed by atoms with Gasteiger partial charge in [0.05, 0.1) is 24.2 Å². The molecule has 4 aromatic rings. The molecule has 6 nitrogen and oxygen atoms in total. The molecule has 0 unspecified atom stereocenters. The number of ether oxygens (including phenoxy) is 2. The number of hydrogen-bond donors (Lipinski definition) is 0. The second-order valence-electron chi connectivity index (χ2n) is 8.18. The van der Waals surface area contributed by atoms with Gasteiger partial charge in [-0.25, -0.2) is 4.79 Å². The molecule has 168 valence electrons. The van der Waals surface area contributed by atoms with Gasteiger partial charge >= 0.3 is 5.97 Å². The first kappa shape index (κ1) is 21.1. The predicted octanol–water partition coefficient (Wildman–Crippen LogP) is 5.14. The van der Waals surface area contributed by atoms with Crippen LogP contribution in [0, 0.1) is 0 Å². The fourth-order valence-corrected chi connectivity index (χ4v) is 4.44. The molecular weight excluding hydrogens is 418 g/mol. The molecule has 0 aliphatic heterocycles. The Labute approximate surface area is 191 Å². The summed E-state index contributed by atoms with van der Waals surface area (Å²) in [6.07, 6.45) is 3.07. The van der Waals surface area contributed by atoms with Gasteiger partial charge in [0.15, 0.2) is 5.78 Å². The fourth-order valence-electron chi connectivity index (χ4n) is 4.44. The van der Waals surface area contributed by atoms with Crippen LogP contribution in [-0.2, 0) is 11.2 Å². The number of para-hydroxylation sites is 1. The molecular formula is C27H25NO5. The first-order valence-electron chi connectivity index (χ1n) is 11.2. The highest BCUT2D eigenvalue weighted by Crippen LogP contribution is 2.31. The van der Waals surface area contributed by atoms with Gasteiger partial charge < -0.3 is 14.3 Å². The number of rotatable bonds is 7. The van der Waals surface area contributed by atoms with Crippen molar-refractivity contribution in [3.63, 3.8) is 0 Å². The smallest absolute Gasteiger partial charge is 0.329 e. The molecule has 0 saturated carbocycles. The Kier molecular flexibility index (Phi) is 5.73. The molecule has 0 N–H and O–H groups in total. The average molecular weight is 443 g/mol. The van der Waals surface area contributed by atoms with Crippen LogP contribution in [0.1, 0.15) is 42.1 Å². The number of Topliss-reactive ketones (excluding diaryl/α,β-unsaturated/α-hetero) is 1. The van der Waals surface area contributed by atoms with Gasteiger partial charge in [0.1, 0.15) is 11.5 Å². The zero-order chi connectivity index (χ0) is 22.8. The van der Waals surface area contributed by atoms with Crippen molar-refractivity contribution in [2.75, 3.05) is 13.2 Å². The van der Waals surface area contributed by atoms with Crippen molar-refractivity contribution in [2.24, 2.45) is 0 Å². The van der Waals surface area contributed by atoms with E-state index in [1.54, 1.807) is 4.73 Å². The maximum atomic E-state index is 12.1. The molecule has 6 heteroatoms. The highest BCUT2D eigenvalue weighted by molar-refractivity contribution is 6.08. The average Bonchev–Trinajstić information content (AvgIpc) is 3.12. The topological polar surface area (TPSA) is 66.8 Å². The number of ketones is 1. The maximum absolute atomic E-state index is 12.1. The molecule has 5 rings (SSSR count). The van der Waals surface area contributed by atoms with E-state index in [2.05, 4.69) is 0 Å². The van der Waals surface area contributed by atoms with Gasteiger partial charge in [0, 0.05) is 47.7 Å². The third-order valence-corrected chi connectivity index (χ3v) is 5.90. The van der Waals surface area contributed by atoms with Crippen LogP contribution in [-0.4, -0.2) is 29.7 Å². The summed E-state index contributed by atoms with van der Waals surface area (Å²) in [7, 11) is 0. The van der Waals surface area contributed by atoms with Gasteiger partial charge in [-0.2, -0.15) is 4.73 Å². The summed E-state index contributed by atoms with van der Waals surface area (Å²) in [5.74, 6) is 1.31. The number of fused-ring (bicyclic) bond motifs is 4. The van der Waals surface area contributed by atoms with E-state index < -0.39 is 0 Å². The number of nitrogens with zero attached hydrogens (tertiary/aromatic N) is 1. The van der Waals surface area contributed by atoms with Gasteiger partial charge in [0.2, 0.25) is 0 Å². The Morgan fingerprint density at radius 2 is 1.73 bits per heavy atom. The van der Waals surface area contributed by atoms with E-state index in [1.165, 1.54) is 6.92 Å². The van der Waals surface area contributed by atoms with Gasteiger partial charge in [-0.1, -0.05) is 30.3 Å². The molecule has 0 bridgehead atoms. The van der Waals surface area contributed by atoms with E-state index in [1.807, 2.05) is 60.7 Å². The molecule has 1 aromatic heterocycles. The molecule has 1 aliphatic rings. The molecule has 33 heavy (non-hydrogen) atoms. The van der Waals surface area contributed by atoms with Crippen LogP contribution in [0.15, 0.2) is 60.7 Å². The zero-order valence-corrected chi connectivity index (χ0v) is 18.5. The maximum Gasteiger partial charge on any atom is 0.329 e. The van der Waals surface area contributed by atoms with E-state index in [-0.39, 0.29) is 11.8 Å². The summed E-state index contributed by atoms with van der Waals surface area (Å²) in [5.41, 5.74) is 3.43. The second-order valence-corrected chi connectivity index (χ2v) is 8.18. The standard InChI is InChI=1S/C27H25NO5/c1-18(29)33-28-24-10-3-2-7-20(24)21-14-13-19(17-25(21)28)31-15-6-16-32-27-12-5-8-22-23(27)9-4-11-26(22)30/h2-3,5,7-8,10,12-14,17H,4,6,9,11,15-16H2,1H3. The van der Waals surface area contributed by atoms with Crippen LogP contribution in [0.2, 0.25) is 0 Å². The molecule has 0 fully saturated rings. The molecule has 0 amide bonds. The Morgan fingerprint density at radius 1 is 0.909 bits per heavy atom. The molecule has 3 aromatic carbocycles. The van der Waals surface area contributed by atoms with E-state index in [9.17, 15) is 9.59 Å². The predicted molar refractivity (Wildman–Crippen MR) is 126 cm³/mol. The first-order valence-corrected chi connectivity index (χ1v) is 11.2. The first-order chi connectivity index (χ1) is 16.1. The highest BCUT2D eigenvalue weighted by atomic mass is 16.7. The minimum absolute atomic E-state index is 0.201. The molecule has 0 spiro atoms. The lowest BCUT2D eigenvalue weighted by Crippen LogP contribution is -2.16. The molecule has 0 saturated heterocycles. The van der Waals surface area contributed by atoms with Crippen LogP contribution < -0.4 is 14.3 Å². The van der Waals surface area contributed by atoms with Crippen molar-refractivity contribution in [3.8, 4) is 11.5 Å². The summed E-state index contributed by atoms with van der Waals surface area (Å²) in [6.45, 7) is 2.37. The van der Waals surface area contributed by atoms with Crippen LogP contribution in [0.3, 0.4) is 0 Å². The van der Waals surface area contributed by atoms with Crippen molar-refractivity contribution in [3.05, 3.63) is 71.8 Å². The Morgan fingerprint density at radius 3 is 2.61 bits per heavy atom. The van der Waals surface area contributed by atoms with Gasteiger partial charge in [0.25, 0.3) is 0 Å². The lowest BCUT2D eigenvalue weighted by molar-refractivity contribution is -0.140. The number of carbonyl (C=O) groups is 2. The summed E-state index contributed by atoms with van der Waals surface area (Å²) < 4.78 is 13.5. The van der Waals surface area contributed by atoms with Crippen molar-refractivity contribution in [1.29, 1.82) is 0 Å². The number of hydrogen-bond acceptors (Lipinski definition) is 5. The number of aromatic nitrogens is 1. The third-order valence-electron chi connectivity index (χ3n) is 5.90. The van der Waals surface area contributed by atoms with E-state index in [0.717, 1.165) is 51.5 Å². The molecule has 0 atom stereocenters. The molecule has 1 heterocycles. The van der Waals surface area contributed by atoms with Gasteiger partial charge in [-0.05, 0) is 37.1 Å². The van der Waals surface area contributed by atoms with Crippen LogP contribution >= 0.6 is 0 Å². The number of benzene rings is 3. The quantitative estimate of drug-likeness (QED) is 0.370. The van der Waals surface area contributed by atoms with E-state index in [4.69, 9.17) is 14.3 Å². The highest BCUT2D eigenvalue weighted by Gasteiger charge is 2.20. The summed E-state index contributed by atoms with van der Waals surface area (Å²) in [6, 6.07) is 19.3. The minimum Gasteiger partial charge on any atom is -0.493 e. The third kappa shape index (κ3) is 4.16. The zero-order valence-electron chi connectivity index (χ0n) is 18.5. The minimum atomic E-state index is -0.383. The normalized spacial score (nSPS) is 13.2. The van der Waals surface area contributed by atoms with Crippen molar-refractivity contribution < 1.29 is 23.9 Å². The molecule has 0 radical (unpaired) electrons. The van der Waals surface area contributed by atoms with Crippen molar-refractivity contribution in [1.82, 2.24) is 4.73 Å². The van der Waals surface area contributed by atoms with Gasteiger partial charge in [-0.3, -0.25) is 4.79 Å². The fraction of sp³-hybridized carbons (Fsp3) is 0.259. The van der Waals surface area contributed by atoms with Gasteiger partial charge in [-0.15, -0.1) is 0 Å². The van der Waals surface area contributed by atoms with Crippen molar-refractivity contribution in [2.45, 2.75) is 32.6 Å². The summed E-state index contributed by atoms with van der Waals surface area (Å²) in [5, 5.41) is 2.00.